The molecule has 2 aromatic rings. The fourth-order valence-electron chi connectivity index (χ4n) is 1.51. The number of hydrogen-bond acceptors (Lipinski definition) is 3. The zero-order valence-corrected chi connectivity index (χ0v) is 8.94. The number of carbonyl (C=O) groups excluding carboxylic acids is 1. The van der Waals surface area contributed by atoms with Crippen molar-refractivity contribution in [2.75, 3.05) is 0 Å². The molecule has 0 amide bonds. The molecule has 0 saturated carbocycles. The highest BCUT2D eigenvalue weighted by molar-refractivity contribution is 6.07. The fraction of sp³-hybridized carbons (Fsp3) is 0.182. The molecule has 2 rings (SSSR count). The van der Waals surface area contributed by atoms with Crippen LogP contribution in [-0.2, 0) is 7.05 Å². The molecule has 16 heavy (non-hydrogen) atoms. The fourth-order valence-corrected chi connectivity index (χ4v) is 1.51. The van der Waals surface area contributed by atoms with E-state index in [1.807, 2.05) is 0 Å². The average Bonchev–Trinajstić information content (AvgIpc) is 2.62. The van der Waals surface area contributed by atoms with Crippen LogP contribution in [0, 0.1) is 12.7 Å². The molecule has 82 valence electrons. The topological polar surface area (TPSA) is 47.8 Å². The van der Waals surface area contributed by atoms with Crippen molar-refractivity contribution < 1.29 is 9.18 Å². The summed E-state index contributed by atoms with van der Waals surface area (Å²) >= 11 is 0. The normalized spacial score (nSPS) is 10.4. The number of aromatic nitrogens is 3. The Balaban J connectivity index is 2.45. The van der Waals surface area contributed by atoms with E-state index in [9.17, 15) is 9.18 Å². The predicted octanol–water partition coefficient (Wildman–Crippen LogP) is 1.49. The molecular weight excluding hydrogens is 209 g/mol. The molecule has 0 atom stereocenters. The molecule has 0 radical (unpaired) electrons. The number of nitrogens with zero attached hydrogens (tertiary/aromatic N) is 3. The average molecular weight is 219 g/mol. The standard InChI is InChI=1S/C11H10FN3O/c1-7-3-8(5-9(12)4-7)11(16)10-6-13-14-15(10)2/h3-6H,1-2H3. The van der Waals surface area contributed by atoms with Crippen LogP contribution in [0.5, 0.6) is 0 Å². The maximum Gasteiger partial charge on any atom is 0.212 e. The quantitative estimate of drug-likeness (QED) is 0.719. The number of hydrogen-bond donors (Lipinski definition) is 0. The molecular formula is C11H10FN3O. The van der Waals surface area contributed by atoms with Crippen LogP contribution in [0.4, 0.5) is 4.39 Å². The van der Waals surface area contributed by atoms with E-state index >= 15 is 0 Å². The first kappa shape index (κ1) is 10.5. The van der Waals surface area contributed by atoms with Gasteiger partial charge in [-0.05, 0) is 30.7 Å². The third kappa shape index (κ3) is 1.84. The lowest BCUT2D eigenvalue weighted by molar-refractivity contribution is 0.102. The van der Waals surface area contributed by atoms with E-state index in [4.69, 9.17) is 0 Å². The Morgan fingerprint density at radius 3 is 2.69 bits per heavy atom. The van der Waals surface area contributed by atoms with Crippen molar-refractivity contribution in [3.05, 3.63) is 47.0 Å². The summed E-state index contributed by atoms with van der Waals surface area (Å²) in [6, 6.07) is 4.22. The largest absolute Gasteiger partial charge is 0.287 e. The van der Waals surface area contributed by atoms with E-state index in [2.05, 4.69) is 10.3 Å². The summed E-state index contributed by atoms with van der Waals surface area (Å²) in [6.45, 7) is 1.74. The summed E-state index contributed by atoms with van der Waals surface area (Å²) in [5.41, 5.74) is 1.35. The van der Waals surface area contributed by atoms with Gasteiger partial charge in [0, 0.05) is 12.6 Å². The zero-order valence-electron chi connectivity index (χ0n) is 8.94. The van der Waals surface area contributed by atoms with Gasteiger partial charge in [0.05, 0.1) is 6.20 Å². The molecule has 5 heteroatoms. The number of aryl methyl sites for hydroxylation is 2. The van der Waals surface area contributed by atoms with Gasteiger partial charge in [-0.3, -0.25) is 4.79 Å². The van der Waals surface area contributed by atoms with Crippen molar-refractivity contribution in [2.45, 2.75) is 6.92 Å². The Bertz CT molecular complexity index is 528. The highest BCUT2D eigenvalue weighted by atomic mass is 19.1. The van der Waals surface area contributed by atoms with Gasteiger partial charge in [0.25, 0.3) is 0 Å². The van der Waals surface area contributed by atoms with Crippen LogP contribution in [0.3, 0.4) is 0 Å². The minimum atomic E-state index is -0.418. The minimum Gasteiger partial charge on any atom is -0.287 e. The predicted molar refractivity (Wildman–Crippen MR) is 55.6 cm³/mol. The molecule has 0 N–H and O–H groups in total. The number of benzene rings is 1. The summed E-state index contributed by atoms with van der Waals surface area (Å²) in [5, 5.41) is 7.27. The van der Waals surface area contributed by atoms with Crippen LogP contribution < -0.4 is 0 Å². The third-order valence-electron chi connectivity index (χ3n) is 2.25. The van der Waals surface area contributed by atoms with Gasteiger partial charge >= 0.3 is 0 Å². The molecule has 1 heterocycles. The Labute approximate surface area is 91.7 Å². The van der Waals surface area contributed by atoms with Gasteiger partial charge in [-0.25, -0.2) is 9.07 Å². The van der Waals surface area contributed by atoms with Gasteiger partial charge in [0.15, 0.2) is 0 Å². The summed E-state index contributed by atoms with van der Waals surface area (Å²) in [6.07, 6.45) is 1.36. The SMILES string of the molecule is Cc1cc(F)cc(C(=O)c2cnnn2C)c1. The van der Waals surface area contributed by atoms with E-state index in [0.29, 0.717) is 16.8 Å². The Morgan fingerprint density at radius 2 is 2.12 bits per heavy atom. The monoisotopic (exact) mass is 219 g/mol. The number of halogens is 1. The molecule has 0 aliphatic carbocycles. The number of ketones is 1. The van der Waals surface area contributed by atoms with Crippen LogP contribution in [-0.4, -0.2) is 20.8 Å². The maximum absolute atomic E-state index is 13.1. The van der Waals surface area contributed by atoms with Crippen molar-refractivity contribution in [3.63, 3.8) is 0 Å². The zero-order chi connectivity index (χ0) is 11.7. The molecule has 0 unspecified atom stereocenters. The van der Waals surface area contributed by atoms with E-state index in [1.54, 1.807) is 20.0 Å². The van der Waals surface area contributed by atoms with E-state index in [-0.39, 0.29) is 5.78 Å². The van der Waals surface area contributed by atoms with Crippen LogP contribution in [0.15, 0.2) is 24.4 Å². The summed E-state index contributed by atoms with van der Waals surface area (Å²) in [5.74, 6) is -0.700. The highest BCUT2D eigenvalue weighted by Gasteiger charge is 2.14. The summed E-state index contributed by atoms with van der Waals surface area (Å²) in [7, 11) is 1.62. The molecule has 0 fully saturated rings. The lowest BCUT2D eigenvalue weighted by atomic mass is 10.1. The van der Waals surface area contributed by atoms with Gasteiger partial charge in [-0.15, -0.1) is 5.10 Å². The maximum atomic E-state index is 13.1. The Morgan fingerprint density at radius 1 is 1.38 bits per heavy atom. The van der Waals surface area contributed by atoms with Gasteiger partial charge in [-0.1, -0.05) is 5.21 Å². The van der Waals surface area contributed by atoms with Crippen molar-refractivity contribution >= 4 is 5.78 Å². The molecule has 0 spiro atoms. The van der Waals surface area contributed by atoms with Gasteiger partial charge in [-0.2, -0.15) is 0 Å². The van der Waals surface area contributed by atoms with Gasteiger partial charge in [0.2, 0.25) is 5.78 Å². The van der Waals surface area contributed by atoms with Crippen LogP contribution in [0.25, 0.3) is 0 Å². The second kappa shape index (κ2) is 3.84. The van der Waals surface area contributed by atoms with Crippen molar-refractivity contribution in [1.82, 2.24) is 15.0 Å². The number of carbonyl (C=O) groups is 1. The highest BCUT2D eigenvalue weighted by Crippen LogP contribution is 2.12. The van der Waals surface area contributed by atoms with E-state index in [0.717, 1.165) is 0 Å². The number of rotatable bonds is 2. The lowest BCUT2D eigenvalue weighted by Crippen LogP contribution is -2.08. The Hall–Kier alpha value is -2.04. The summed E-state index contributed by atoms with van der Waals surface area (Å²) in [4.78, 5) is 12.0. The van der Waals surface area contributed by atoms with Crippen molar-refractivity contribution in [2.24, 2.45) is 7.05 Å². The molecule has 0 aliphatic heterocycles. The van der Waals surface area contributed by atoms with Crippen LogP contribution in [0.1, 0.15) is 21.6 Å². The summed E-state index contributed by atoms with van der Waals surface area (Å²) < 4.78 is 14.5. The molecule has 0 bridgehead atoms. The van der Waals surface area contributed by atoms with Gasteiger partial charge < -0.3 is 0 Å². The molecule has 4 nitrogen and oxygen atoms in total. The molecule has 0 aliphatic rings. The first-order valence-electron chi connectivity index (χ1n) is 4.74. The van der Waals surface area contributed by atoms with Crippen LogP contribution in [0.2, 0.25) is 0 Å². The first-order valence-corrected chi connectivity index (χ1v) is 4.74. The first-order chi connectivity index (χ1) is 7.58. The molecule has 0 saturated heterocycles. The van der Waals surface area contributed by atoms with Crippen molar-refractivity contribution in [1.29, 1.82) is 0 Å². The second-order valence-corrected chi connectivity index (χ2v) is 3.59. The Kier molecular flexibility index (Phi) is 2.52. The van der Waals surface area contributed by atoms with Gasteiger partial charge in [0.1, 0.15) is 11.5 Å². The molecule has 1 aromatic heterocycles. The van der Waals surface area contributed by atoms with Crippen molar-refractivity contribution in [3.8, 4) is 0 Å². The second-order valence-electron chi connectivity index (χ2n) is 3.59. The van der Waals surface area contributed by atoms with Crippen LogP contribution >= 0.6 is 0 Å². The van der Waals surface area contributed by atoms with E-state index in [1.165, 1.54) is 23.0 Å². The smallest absolute Gasteiger partial charge is 0.212 e. The minimum absolute atomic E-state index is 0.282. The lowest BCUT2D eigenvalue weighted by Gasteiger charge is -2.02. The third-order valence-corrected chi connectivity index (χ3v) is 2.25. The van der Waals surface area contributed by atoms with E-state index < -0.39 is 5.82 Å². The molecule has 1 aromatic carbocycles.